The fraction of sp³-hybridized carbons (Fsp3) is 0.438. The number of rotatable bonds is 4. The van der Waals surface area contributed by atoms with E-state index in [1.54, 1.807) is 45.0 Å². The van der Waals surface area contributed by atoms with Crippen molar-refractivity contribution in [1.29, 1.82) is 0 Å². The third kappa shape index (κ3) is 3.93. The maximum atomic E-state index is 13.6. The molecule has 0 spiro atoms. The summed E-state index contributed by atoms with van der Waals surface area (Å²) in [5, 5.41) is 0.820. The van der Waals surface area contributed by atoms with Crippen molar-refractivity contribution in [2.24, 2.45) is 0 Å². The first-order valence-electron chi connectivity index (χ1n) is 7.22. The molecule has 0 aliphatic carbocycles. The monoisotopic (exact) mass is 360 g/mol. The highest BCUT2D eigenvalue weighted by atomic mass is 32.2. The molecular formula is C16H19F3N2O2S. The number of pyridine rings is 1. The van der Waals surface area contributed by atoms with Gasteiger partial charge >= 0.3 is 6.18 Å². The first-order valence-corrected chi connectivity index (χ1v) is 8.37. The lowest BCUT2D eigenvalue weighted by Crippen LogP contribution is -2.45. The predicted molar refractivity (Wildman–Crippen MR) is 88.1 cm³/mol. The second kappa shape index (κ2) is 6.78. The Labute approximate surface area is 141 Å². The van der Waals surface area contributed by atoms with E-state index in [2.05, 4.69) is 9.71 Å². The summed E-state index contributed by atoms with van der Waals surface area (Å²) in [6.45, 7) is 4.82. The number of hydrogen-bond donors (Lipinski definition) is 1. The van der Waals surface area contributed by atoms with Crippen LogP contribution >= 0.6 is 0 Å². The van der Waals surface area contributed by atoms with Crippen LogP contribution in [0.25, 0.3) is 10.8 Å². The standard InChI is InChI=1S/C16H19F3N2O2S/c1-15(2,3)24(22)21-13(16(17,18)19)12-9-20-14(23-4)11-8-6-5-7-10(11)12/h5-9,13,21H,1-4H3/t13-,24-/m1/s1. The molecule has 0 radical (unpaired) electrons. The molecule has 2 rings (SSSR count). The van der Waals surface area contributed by atoms with Crippen LogP contribution in [-0.4, -0.2) is 27.6 Å². The molecule has 0 bridgehead atoms. The van der Waals surface area contributed by atoms with Crippen molar-refractivity contribution in [3.63, 3.8) is 0 Å². The van der Waals surface area contributed by atoms with Crippen LogP contribution in [0, 0.1) is 0 Å². The first kappa shape index (κ1) is 18.8. The van der Waals surface area contributed by atoms with E-state index < -0.39 is 28.3 Å². The van der Waals surface area contributed by atoms with Crippen LogP contribution in [0.15, 0.2) is 30.5 Å². The van der Waals surface area contributed by atoms with Crippen molar-refractivity contribution < 1.29 is 22.5 Å². The normalized spacial score (nSPS) is 15.3. The quantitative estimate of drug-likeness (QED) is 0.840. The molecule has 0 aliphatic heterocycles. The molecule has 4 nitrogen and oxygen atoms in total. The summed E-state index contributed by atoms with van der Waals surface area (Å²) in [6.07, 6.45) is -3.51. The number of halogens is 3. The van der Waals surface area contributed by atoms with Crippen molar-refractivity contribution >= 4 is 22.1 Å². The van der Waals surface area contributed by atoms with Gasteiger partial charge in [-0.05, 0) is 32.2 Å². The third-order valence-corrected chi connectivity index (χ3v) is 4.96. The Morgan fingerprint density at radius 3 is 2.25 bits per heavy atom. The van der Waals surface area contributed by atoms with Crippen LogP contribution in [0.1, 0.15) is 32.4 Å². The number of methoxy groups -OCH3 is 1. The second-order valence-corrected chi connectivity index (χ2v) is 8.24. The summed E-state index contributed by atoms with van der Waals surface area (Å²) in [7, 11) is 1.41. The van der Waals surface area contributed by atoms with E-state index in [4.69, 9.17) is 4.74 Å². The van der Waals surface area contributed by atoms with E-state index in [0.717, 1.165) is 6.20 Å². The van der Waals surface area contributed by atoms with Gasteiger partial charge in [-0.15, -0.1) is 4.72 Å². The van der Waals surface area contributed by atoms with Crippen molar-refractivity contribution in [2.75, 3.05) is 7.11 Å². The Morgan fingerprint density at radius 1 is 1.17 bits per heavy atom. The number of nitrogens with one attached hydrogen (secondary N) is 1. The Morgan fingerprint density at radius 2 is 1.75 bits per heavy atom. The first-order chi connectivity index (χ1) is 11.1. The molecule has 0 unspecified atom stereocenters. The van der Waals surface area contributed by atoms with Gasteiger partial charge in [0.05, 0.1) is 7.11 Å². The van der Waals surface area contributed by atoms with Crippen LogP contribution in [0.5, 0.6) is 5.88 Å². The highest BCUT2D eigenvalue weighted by Gasteiger charge is 2.46. The van der Waals surface area contributed by atoms with Crippen molar-refractivity contribution in [2.45, 2.75) is 37.7 Å². The van der Waals surface area contributed by atoms with E-state index in [1.807, 2.05) is 0 Å². The van der Waals surface area contributed by atoms with Gasteiger partial charge in [0.25, 0.3) is 0 Å². The summed E-state index contributed by atoms with van der Waals surface area (Å²) >= 11 is -1.89. The Bertz CT molecular complexity index is 717. The van der Waals surface area contributed by atoms with Gasteiger partial charge in [-0.3, -0.25) is 0 Å². The Hall–Kier alpha value is -1.51. The summed E-state index contributed by atoms with van der Waals surface area (Å²) in [5.41, 5.74) is -0.0866. The zero-order valence-corrected chi connectivity index (χ0v) is 14.6. The van der Waals surface area contributed by atoms with Crippen LogP contribution in [0.2, 0.25) is 0 Å². The van der Waals surface area contributed by atoms with Crippen molar-refractivity contribution in [3.05, 3.63) is 36.0 Å². The summed E-state index contributed by atoms with van der Waals surface area (Å²) in [4.78, 5) is 3.97. The molecule has 24 heavy (non-hydrogen) atoms. The minimum Gasteiger partial charge on any atom is -0.598 e. The average molecular weight is 360 g/mol. The molecule has 0 saturated carbocycles. The summed E-state index contributed by atoms with van der Waals surface area (Å²) < 4.78 is 59.5. The van der Waals surface area contributed by atoms with Gasteiger partial charge in [-0.25, -0.2) is 4.98 Å². The SMILES string of the molecule is COc1ncc([C@@H](N[S@+]([O-])C(C)(C)C)C(F)(F)F)c2ccccc12. The summed E-state index contributed by atoms with van der Waals surface area (Å²) in [6, 6.07) is 4.44. The van der Waals surface area contributed by atoms with Gasteiger partial charge < -0.3 is 9.29 Å². The fourth-order valence-electron chi connectivity index (χ4n) is 2.17. The van der Waals surface area contributed by atoms with E-state index >= 15 is 0 Å². The number of hydrogen-bond acceptors (Lipinski definition) is 4. The van der Waals surface area contributed by atoms with E-state index in [9.17, 15) is 17.7 Å². The van der Waals surface area contributed by atoms with Crippen LogP contribution < -0.4 is 9.46 Å². The van der Waals surface area contributed by atoms with Crippen LogP contribution in [-0.2, 0) is 11.4 Å². The van der Waals surface area contributed by atoms with Crippen molar-refractivity contribution in [1.82, 2.24) is 9.71 Å². The number of nitrogens with zero attached hydrogens (tertiary/aromatic N) is 1. The highest BCUT2D eigenvalue weighted by Crippen LogP contribution is 2.39. The zero-order chi connectivity index (χ0) is 18.1. The largest absolute Gasteiger partial charge is 0.598 e. The Balaban J connectivity index is 2.58. The third-order valence-electron chi connectivity index (χ3n) is 3.40. The van der Waals surface area contributed by atoms with Gasteiger partial charge in [-0.2, -0.15) is 13.2 Å². The lowest BCUT2D eigenvalue weighted by atomic mass is 10.0. The van der Waals surface area contributed by atoms with E-state index in [-0.39, 0.29) is 11.4 Å². The molecule has 1 heterocycles. The van der Waals surface area contributed by atoms with Crippen LogP contribution in [0.4, 0.5) is 13.2 Å². The number of aromatic nitrogens is 1. The number of alkyl halides is 3. The lowest BCUT2D eigenvalue weighted by Gasteiger charge is -2.29. The van der Waals surface area contributed by atoms with Gasteiger partial charge in [0, 0.05) is 28.5 Å². The molecular weight excluding hydrogens is 341 g/mol. The van der Waals surface area contributed by atoms with Gasteiger partial charge in [0.2, 0.25) is 5.88 Å². The molecule has 132 valence electrons. The molecule has 8 heteroatoms. The molecule has 0 amide bonds. The average Bonchev–Trinajstić information content (AvgIpc) is 2.49. The smallest absolute Gasteiger partial charge is 0.412 e. The van der Waals surface area contributed by atoms with E-state index in [1.165, 1.54) is 7.11 Å². The second-order valence-electron chi connectivity index (χ2n) is 6.24. The molecule has 0 fully saturated rings. The molecule has 1 aromatic carbocycles. The molecule has 0 saturated heterocycles. The number of fused-ring (bicyclic) bond motifs is 1. The topological polar surface area (TPSA) is 57.2 Å². The van der Waals surface area contributed by atoms with Gasteiger partial charge in [0.1, 0.15) is 4.75 Å². The molecule has 1 N–H and O–H groups in total. The minimum atomic E-state index is -4.63. The maximum absolute atomic E-state index is 13.6. The van der Waals surface area contributed by atoms with Crippen LogP contribution in [0.3, 0.4) is 0 Å². The zero-order valence-electron chi connectivity index (χ0n) is 13.8. The maximum Gasteiger partial charge on any atom is 0.412 e. The van der Waals surface area contributed by atoms with Gasteiger partial charge in [0.15, 0.2) is 6.04 Å². The van der Waals surface area contributed by atoms with Gasteiger partial charge in [-0.1, -0.05) is 18.2 Å². The predicted octanol–water partition coefficient (Wildman–Crippen LogP) is 3.90. The minimum absolute atomic E-state index is 0.0866. The van der Waals surface area contributed by atoms with Crippen molar-refractivity contribution in [3.8, 4) is 5.88 Å². The number of ether oxygens (including phenoxy) is 1. The highest BCUT2D eigenvalue weighted by molar-refractivity contribution is 7.90. The Kier molecular flexibility index (Phi) is 5.31. The number of benzene rings is 1. The summed E-state index contributed by atoms with van der Waals surface area (Å²) in [5.74, 6) is 0.243. The fourth-order valence-corrected chi connectivity index (χ4v) is 3.00. The lowest BCUT2D eigenvalue weighted by molar-refractivity contribution is -0.152. The molecule has 0 aliphatic rings. The van der Waals surface area contributed by atoms with E-state index in [0.29, 0.717) is 10.8 Å². The molecule has 1 aromatic heterocycles. The molecule has 2 atom stereocenters. The molecule has 2 aromatic rings.